The number of rotatable bonds is 4. The standard InChI is InChI=1S/C18H19N5O3S2/c1-28(25,26)12-5-6-13-15(9-12)27-18(21-13)22-17(24)14-10-16(20-11-19-14)23-7-3-2-4-8-23/h5-6,9-11H,2-4,7-8H2,1H3,(H,21,22,24). The monoisotopic (exact) mass is 417 g/mol. The Labute approximate surface area is 166 Å². The minimum atomic E-state index is -3.30. The third kappa shape index (κ3) is 3.97. The average Bonchev–Trinajstić information content (AvgIpc) is 3.09. The Morgan fingerprint density at radius 2 is 1.93 bits per heavy atom. The molecule has 28 heavy (non-hydrogen) atoms. The highest BCUT2D eigenvalue weighted by Crippen LogP contribution is 2.28. The highest BCUT2D eigenvalue weighted by molar-refractivity contribution is 7.90. The van der Waals surface area contributed by atoms with E-state index in [1.165, 1.54) is 30.2 Å². The molecule has 0 atom stereocenters. The number of nitrogens with one attached hydrogen (secondary N) is 1. The number of carbonyl (C=O) groups excluding carboxylic acids is 1. The zero-order chi connectivity index (χ0) is 19.7. The number of sulfone groups is 1. The van der Waals surface area contributed by atoms with E-state index in [9.17, 15) is 13.2 Å². The lowest BCUT2D eigenvalue weighted by Crippen LogP contribution is -2.30. The fourth-order valence-corrected chi connectivity index (χ4v) is 4.74. The van der Waals surface area contributed by atoms with Crippen molar-refractivity contribution >= 4 is 48.2 Å². The molecule has 3 aromatic rings. The first-order valence-corrected chi connectivity index (χ1v) is 11.6. The Hall–Kier alpha value is -2.59. The summed E-state index contributed by atoms with van der Waals surface area (Å²) in [5.41, 5.74) is 0.899. The first-order chi connectivity index (χ1) is 13.4. The molecule has 10 heteroatoms. The number of carbonyl (C=O) groups is 1. The van der Waals surface area contributed by atoms with Gasteiger partial charge in [0.15, 0.2) is 15.0 Å². The van der Waals surface area contributed by atoms with Crippen molar-refractivity contribution in [2.45, 2.75) is 24.2 Å². The number of nitrogens with zero attached hydrogens (tertiary/aromatic N) is 4. The molecule has 146 valence electrons. The molecule has 0 aliphatic carbocycles. The van der Waals surface area contributed by atoms with Crippen molar-refractivity contribution in [1.82, 2.24) is 15.0 Å². The third-order valence-electron chi connectivity index (χ3n) is 4.57. The molecule has 0 spiro atoms. The van der Waals surface area contributed by atoms with Gasteiger partial charge in [-0.1, -0.05) is 11.3 Å². The predicted molar refractivity (Wildman–Crippen MR) is 109 cm³/mol. The van der Waals surface area contributed by atoms with Gasteiger partial charge in [0.05, 0.1) is 15.1 Å². The lowest BCUT2D eigenvalue weighted by molar-refractivity contribution is 0.102. The molecular formula is C18H19N5O3S2. The smallest absolute Gasteiger partial charge is 0.276 e. The summed E-state index contributed by atoms with van der Waals surface area (Å²) in [6, 6.07) is 6.40. The highest BCUT2D eigenvalue weighted by Gasteiger charge is 2.17. The van der Waals surface area contributed by atoms with Crippen LogP contribution in [0.1, 0.15) is 29.8 Å². The van der Waals surface area contributed by atoms with Crippen LogP contribution in [0, 0.1) is 0 Å². The van der Waals surface area contributed by atoms with Crippen LogP contribution in [0.2, 0.25) is 0 Å². The van der Waals surface area contributed by atoms with Crippen LogP contribution in [-0.2, 0) is 9.84 Å². The minimum absolute atomic E-state index is 0.225. The number of fused-ring (bicyclic) bond motifs is 1. The Balaban J connectivity index is 1.55. The Bertz CT molecular complexity index is 1140. The molecule has 0 radical (unpaired) electrons. The molecular weight excluding hydrogens is 398 g/mol. The van der Waals surface area contributed by atoms with Gasteiger partial charge in [0.1, 0.15) is 17.8 Å². The van der Waals surface area contributed by atoms with Crippen molar-refractivity contribution in [1.29, 1.82) is 0 Å². The SMILES string of the molecule is CS(=O)(=O)c1ccc2nc(NC(=O)c3cc(N4CCCCC4)ncn3)sc2c1. The van der Waals surface area contributed by atoms with Crippen LogP contribution in [0.25, 0.3) is 10.2 Å². The Kier molecular flexibility index (Phi) is 4.98. The van der Waals surface area contributed by atoms with E-state index in [4.69, 9.17) is 0 Å². The number of amides is 1. The summed E-state index contributed by atoms with van der Waals surface area (Å²) in [7, 11) is -3.30. The molecule has 1 saturated heterocycles. The fourth-order valence-electron chi connectivity index (χ4n) is 3.12. The molecule has 1 aliphatic rings. The molecule has 2 aromatic heterocycles. The maximum Gasteiger partial charge on any atom is 0.276 e. The number of piperidine rings is 1. The summed E-state index contributed by atoms with van der Waals surface area (Å²) in [6.45, 7) is 1.86. The van der Waals surface area contributed by atoms with Gasteiger partial charge in [-0.3, -0.25) is 10.1 Å². The quantitative estimate of drug-likeness (QED) is 0.696. The van der Waals surface area contributed by atoms with E-state index in [1.807, 2.05) is 0 Å². The normalized spacial score (nSPS) is 15.0. The lowest BCUT2D eigenvalue weighted by Gasteiger charge is -2.27. The molecule has 4 rings (SSSR count). The van der Waals surface area contributed by atoms with E-state index in [0.29, 0.717) is 15.3 Å². The molecule has 0 unspecified atom stereocenters. The molecule has 8 nitrogen and oxygen atoms in total. The van der Waals surface area contributed by atoms with E-state index in [-0.39, 0.29) is 16.5 Å². The van der Waals surface area contributed by atoms with Crippen LogP contribution in [0.3, 0.4) is 0 Å². The fraction of sp³-hybridized carbons (Fsp3) is 0.333. The van der Waals surface area contributed by atoms with Gasteiger partial charge >= 0.3 is 0 Å². The summed E-state index contributed by atoms with van der Waals surface area (Å²) >= 11 is 1.22. The van der Waals surface area contributed by atoms with Gasteiger partial charge in [-0.25, -0.2) is 23.4 Å². The summed E-state index contributed by atoms with van der Waals surface area (Å²) in [5, 5.41) is 3.14. The minimum Gasteiger partial charge on any atom is -0.357 e. The zero-order valence-corrected chi connectivity index (χ0v) is 16.9. The number of thiazole rings is 1. The van der Waals surface area contributed by atoms with Crippen LogP contribution in [0.4, 0.5) is 10.9 Å². The molecule has 1 aliphatic heterocycles. The second-order valence-corrected chi connectivity index (χ2v) is 9.73. The van der Waals surface area contributed by atoms with E-state index in [2.05, 4.69) is 25.2 Å². The van der Waals surface area contributed by atoms with Crippen LogP contribution in [0.15, 0.2) is 35.5 Å². The molecule has 0 bridgehead atoms. The van der Waals surface area contributed by atoms with Crippen LogP contribution in [0.5, 0.6) is 0 Å². The van der Waals surface area contributed by atoms with Gasteiger partial charge in [0.25, 0.3) is 5.91 Å². The number of hydrogen-bond donors (Lipinski definition) is 1. The second-order valence-electron chi connectivity index (χ2n) is 6.68. The number of benzene rings is 1. The molecule has 1 amide bonds. The van der Waals surface area contributed by atoms with Crippen LogP contribution < -0.4 is 10.2 Å². The topological polar surface area (TPSA) is 105 Å². The maximum atomic E-state index is 12.6. The third-order valence-corrected chi connectivity index (χ3v) is 6.62. The molecule has 1 N–H and O–H groups in total. The Morgan fingerprint density at radius 1 is 1.14 bits per heavy atom. The van der Waals surface area contributed by atoms with E-state index < -0.39 is 9.84 Å². The summed E-state index contributed by atoms with van der Waals surface area (Å²) in [4.78, 5) is 27.7. The van der Waals surface area contributed by atoms with Crippen molar-refractivity contribution in [3.63, 3.8) is 0 Å². The Morgan fingerprint density at radius 3 is 2.68 bits per heavy atom. The summed E-state index contributed by atoms with van der Waals surface area (Å²) < 4.78 is 24.1. The van der Waals surface area contributed by atoms with Gasteiger partial charge in [-0.05, 0) is 37.5 Å². The van der Waals surface area contributed by atoms with E-state index in [1.54, 1.807) is 18.2 Å². The van der Waals surface area contributed by atoms with Gasteiger partial charge < -0.3 is 4.90 Å². The number of aromatic nitrogens is 3. The van der Waals surface area contributed by atoms with Crippen molar-refractivity contribution in [3.05, 3.63) is 36.3 Å². The van der Waals surface area contributed by atoms with Crippen molar-refractivity contribution in [3.8, 4) is 0 Å². The number of hydrogen-bond acceptors (Lipinski definition) is 8. The van der Waals surface area contributed by atoms with Gasteiger partial charge in [0.2, 0.25) is 0 Å². The first-order valence-electron chi connectivity index (χ1n) is 8.89. The number of anilines is 2. The average molecular weight is 418 g/mol. The van der Waals surface area contributed by atoms with E-state index in [0.717, 1.165) is 38.0 Å². The largest absolute Gasteiger partial charge is 0.357 e. The second kappa shape index (κ2) is 7.44. The van der Waals surface area contributed by atoms with Gasteiger partial charge in [0, 0.05) is 25.4 Å². The van der Waals surface area contributed by atoms with E-state index >= 15 is 0 Å². The summed E-state index contributed by atoms with van der Waals surface area (Å²) in [6.07, 6.45) is 6.01. The van der Waals surface area contributed by atoms with Gasteiger partial charge in [-0.2, -0.15) is 0 Å². The zero-order valence-electron chi connectivity index (χ0n) is 15.3. The summed E-state index contributed by atoms with van der Waals surface area (Å²) in [5.74, 6) is 0.380. The van der Waals surface area contributed by atoms with Crippen LogP contribution in [-0.4, -0.2) is 48.6 Å². The molecule has 3 heterocycles. The van der Waals surface area contributed by atoms with Crippen molar-refractivity contribution in [2.75, 3.05) is 29.6 Å². The van der Waals surface area contributed by atoms with Crippen LogP contribution >= 0.6 is 11.3 Å². The predicted octanol–water partition coefficient (Wildman–Crippen LogP) is 2.73. The molecule has 1 aromatic carbocycles. The van der Waals surface area contributed by atoms with Crippen molar-refractivity contribution < 1.29 is 13.2 Å². The van der Waals surface area contributed by atoms with Gasteiger partial charge in [-0.15, -0.1) is 0 Å². The first kappa shape index (κ1) is 18.8. The molecule has 0 saturated carbocycles. The maximum absolute atomic E-state index is 12.6. The van der Waals surface area contributed by atoms with Crippen molar-refractivity contribution in [2.24, 2.45) is 0 Å². The highest BCUT2D eigenvalue weighted by atomic mass is 32.2. The molecule has 1 fully saturated rings. The lowest BCUT2D eigenvalue weighted by atomic mass is 10.1.